The lowest BCUT2D eigenvalue weighted by Gasteiger charge is -2.02. The molecule has 0 radical (unpaired) electrons. The molecule has 102 valence electrons. The lowest BCUT2D eigenvalue weighted by Crippen LogP contribution is -1.96. The molecule has 2 aromatic rings. The number of hydrogen-bond acceptors (Lipinski definition) is 7. The summed E-state index contributed by atoms with van der Waals surface area (Å²) in [7, 11) is 0. The van der Waals surface area contributed by atoms with E-state index in [0.717, 1.165) is 18.1 Å². The van der Waals surface area contributed by atoms with Crippen LogP contribution in [-0.4, -0.2) is 19.8 Å². The number of aromatic nitrogens is 2. The molecule has 20 heavy (non-hydrogen) atoms. The highest BCUT2D eigenvalue weighted by Crippen LogP contribution is 2.36. The molecule has 0 saturated heterocycles. The number of benzene rings is 1. The Morgan fingerprint density at radius 1 is 1.05 bits per heavy atom. The molecule has 0 saturated carbocycles. The number of nitro benzene ring substituents is 1. The Hall–Kier alpha value is -2.26. The maximum atomic E-state index is 10.9. The van der Waals surface area contributed by atoms with Gasteiger partial charge in [0, 0.05) is 17.0 Å². The molecule has 2 rings (SSSR count). The van der Waals surface area contributed by atoms with E-state index in [0.29, 0.717) is 4.90 Å². The highest BCUT2D eigenvalue weighted by atomic mass is 35.5. The van der Waals surface area contributed by atoms with Crippen molar-refractivity contribution in [3.63, 3.8) is 0 Å². The number of nitrogens with zero attached hydrogens (tertiary/aromatic N) is 4. The smallest absolute Gasteiger partial charge is 0.258 e. The van der Waals surface area contributed by atoms with E-state index in [1.54, 1.807) is 0 Å². The van der Waals surface area contributed by atoms with Crippen LogP contribution in [-0.2, 0) is 0 Å². The molecule has 0 aliphatic rings. The molecule has 10 heteroatoms. The first-order chi connectivity index (χ1) is 9.49. The van der Waals surface area contributed by atoms with Crippen molar-refractivity contribution in [3.8, 4) is 0 Å². The largest absolute Gasteiger partial charge is 0.338 e. The molecule has 1 heterocycles. The van der Waals surface area contributed by atoms with Crippen molar-refractivity contribution in [2.24, 2.45) is 0 Å². The Morgan fingerprint density at radius 2 is 1.70 bits per heavy atom. The van der Waals surface area contributed by atoms with Crippen molar-refractivity contribution in [2.45, 2.75) is 9.92 Å². The first-order valence-corrected chi connectivity index (χ1v) is 6.25. The first kappa shape index (κ1) is 14.2. The zero-order valence-electron chi connectivity index (χ0n) is 9.59. The van der Waals surface area contributed by atoms with Gasteiger partial charge in [-0.3, -0.25) is 20.2 Å². The topological polar surface area (TPSA) is 112 Å². The van der Waals surface area contributed by atoms with Gasteiger partial charge >= 0.3 is 5.69 Å². The van der Waals surface area contributed by atoms with Gasteiger partial charge in [-0.15, -0.1) is 0 Å². The highest BCUT2D eigenvalue weighted by molar-refractivity contribution is 7.99. The van der Waals surface area contributed by atoms with E-state index in [-0.39, 0.29) is 15.9 Å². The first-order valence-electron chi connectivity index (χ1n) is 5.06. The molecule has 1 aromatic carbocycles. The summed E-state index contributed by atoms with van der Waals surface area (Å²) >= 11 is 6.64. The number of hydrogen-bond donors (Lipinski definition) is 0. The van der Waals surface area contributed by atoms with Crippen molar-refractivity contribution >= 4 is 34.7 Å². The monoisotopic (exact) mass is 312 g/mol. The Balaban J connectivity index is 2.33. The summed E-state index contributed by atoms with van der Waals surface area (Å²) in [6.45, 7) is 0. The molecule has 0 aliphatic heterocycles. The molecule has 0 bridgehead atoms. The van der Waals surface area contributed by atoms with Crippen LogP contribution in [0.3, 0.4) is 0 Å². The molecule has 8 nitrogen and oxygen atoms in total. The fraction of sp³-hybridized carbons (Fsp3) is 0. The van der Waals surface area contributed by atoms with Crippen LogP contribution < -0.4 is 0 Å². The van der Waals surface area contributed by atoms with Crippen LogP contribution in [0.15, 0.2) is 40.5 Å². The summed E-state index contributed by atoms with van der Waals surface area (Å²) in [4.78, 5) is 28.2. The lowest BCUT2D eigenvalue weighted by atomic mass is 10.3. The summed E-state index contributed by atoms with van der Waals surface area (Å²) in [5.41, 5.74) is -0.456. The van der Waals surface area contributed by atoms with Gasteiger partial charge in [0.1, 0.15) is 6.33 Å². The molecule has 0 unspecified atom stereocenters. The Bertz CT molecular complexity index is 679. The van der Waals surface area contributed by atoms with E-state index >= 15 is 0 Å². The molecular formula is C10H5ClN4O4S. The number of nitro groups is 2. The minimum atomic E-state index is -0.671. The number of rotatable bonds is 4. The maximum Gasteiger partial charge on any atom is 0.338 e. The Labute approximate surface area is 121 Å². The molecule has 1 aromatic heterocycles. The minimum absolute atomic E-state index is 0.0652. The molecule has 0 atom stereocenters. The molecule has 0 amide bonds. The second kappa shape index (κ2) is 5.80. The average Bonchev–Trinajstić information content (AvgIpc) is 2.39. The quantitative estimate of drug-likeness (QED) is 0.484. The predicted molar refractivity (Wildman–Crippen MR) is 70.9 cm³/mol. The van der Waals surface area contributed by atoms with Crippen LogP contribution in [0.4, 0.5) is 11.4 Å². The third-order valence-electron chi connectivity index (χ3n) is 2.19. The van der Waals surface area contributed by atoms with Gasteiger partial charge in [0.05, 0.1) is 9.85 Å². The van der Waals surface area contributed by atoms with Crippen molar-refractivity contribution < 1.29 is 9.85 Å². The van der Waals surface area contributed by atoms with Crippen LogP contribution >= 0.6 is 23.4 Å². The van der Waals surface area contributed by atoms with Gasteiger partial charge in [-0.25, -0.2) is 9.97 Å². The zero-order valence-corrected chi connectivity index (χ0v) is 11.2. The van der Waals surface area contributed by atoms with Gasteiger partial charge in [-0.2, -0.15) is 0 Å². The Kier molecular flexibility index (Phi) is 4.11. The van der Waals surface area contributed by atoms with Gasteiger partial charge in [-0.05, 0) is 12.1 Å². The summed E-state index contributed by atoms with van der Waals surface area (Å²) < 4.78 is 0. The molecular weight excluding hydrogens is 308 g/mol. The van der Waals surface area contributed by atoms with Gasteiger partial charge in [0.15, 0.2) is 5.03 Å². The normalized spacial score (nSPS) is 10.2. The molecule has 0 fully saturated rings. The van der Waals surface area contributed by atoms with E-state index in [9.17, 15) is 20.2 Å². The number of halogens is 1. The summed E-state index contributed by atoms with van der Waals surface area (Å²) in [5, 5.41) is 21.3. The van der Waals surface area contributed by atoms with Crippen molar-refractivity contribution in [1.29, 1.82) is 0 Å². The highest BCUT2D eigenvalue weighted by Gasteiger charge is 2.22. The second-order valence-corrected chi connectivity index (χ2v) is 4.85. The van der Waals surface area contributed by atoms with Crippen molar-refractivity contribution in [1.82, 2.24) is 9.97 Å². The third kappa shape index (κ3) is 3.00. The van der Waals surface area contributed by atoms with Crippen LogP contribution in [0.2, 0.25) is 5.15 Å². The average molecular weight is 313 g/mol. The fourth-order valence-corrected chi connectivity index (χ4v) is 2.44. The Morgan fingerprint density at radius 3 is 2.25 bits per heavy atom. The second-order valence-electron chi connectivity index (χ2n) is 3.43. The standard InChI is InChI=1S/C10H5ClN4O4S/c11-9-8(15(18)19)10(13-5-12-9)20-7-3-1-6(2-4-7)14(16)17/h1-5H. The van der Waals surface area contributed by atoms with Gasteiger partial charge in [0.2, 0.25) is 5.15 Å². The molecule has 0 aliphatic carbocycles. The summed E-state index contributed by atoms with van der Waals surface area (Å²) in [6, 6.07) is 5.55. The van der Waals surface area contributed by atoms with E-state index in [2.05, 4.69) is 9.97 Å². The van der Waals surface area contributed by atoms with Gasteiger partial charge in [0.25, 0.3) is 5.69 Å². The van der Waals surface area contributed by atoms with Crippen molar-refractivity contribution in [2.75, 3.05) is 0 Å². The predicted octanol–water partition coefficient (Wildman–Crippen LogP) is 3.10. The SMILES string of the molecule is O=[N+]([O-])c1ccc(Sc2ncnc(Cl)c2[N+](=O)[O-])cc1. The van der Waals surface area contributed by atoms with E-state index in [4.69, 9.17) is 11.6 Å². The summed E-state index contributed by atoms with van der Waals surface area (Å²) in [6.07, 6.45) is 1.11. The lowest BCUT2D eigenvalue weighted by molar-refractivity contribution is -0.388. The summed E-state index contributed by atoms with van der Waals surface area (Å²) in [5.74, 6) is 0. The zero-order chi connectivity index (χ0) is 14.7. The fourth-order valence-electron chi connectivity index (χ4n) is 1.32. The van der Waals surface area contributed by atoms with E-state index in [1.165, 1.54) is 24.3 Å². The van der Waals surface area contributed by atoms with Gasteiger partial charge in [-0.1, -0.05) is 23.4 Å². The molecule has 0 spiro atoms. The molecule has 0 N–H and O–H groups in total. The maximum absolute atomic E-state index is 10.9. The number of non-ortho nitro benzene ring substituents is 1. The van der Waals surface area contributed by atoms with E-state index < -0.39 is 15.5 Å². The third-order valence-corrected chi connectivity index (χ3v) is 3.47. The van der Waals surface area contributed by atoms with Gasteiger partial charge < -0.3 is 0 Å². The minimum Gasteiger partial charge on any atom is -0.258 e. The van der Waals surface area contributed by atoms with E-state index in [1.807, 2.05) is 0 Å². The van der Waals surface area contributed by atoms with Crippen LogP contribution in [0.25, 0.3) is 0 Å². The van der Waals surface area contributed by atoms with Crippen molar-refractivity contribution in [3.05, 3.63) is 56.0 Å². The van der Waals surface area contributed by atoms with Crippen LogP contribution in [0, 0.1) is 20.2 Å². The van der Waals surface area contributed by atoms with Crippen LogP contribution in [0.5, 0.6) is 0 Å². The van der Waals surface area contributed by atoms with Crippen LogP contribution in [0.1, 0.15) is 0 Å².